The summed E-state index contributed by atoms with van der Waals surface area (Å²) in [7, 11) is 0. The van der Waals surface area contributed by atoms with Gasteiger partial charge in [-0.3, -0.25) is 14.6 Å². The summed E-state index contributed by atoms with van der Waals surface area (Å²) < 4.78 is 0. The van der Waals surface area contributed by atoms with Crippen LogP contribution in [0.15, 0.2) is 4.99 Å². The van der Waals surface area contributed by atoms with Gasteiger partial charge in [-0.05, 0) is 39.2 Å². The fourth-order valence-corrected chi connectivity index (χ4v) is 5.10. The predicted octanol–water partition coefficient (Wildman–Crippen LogP) is -0.530. The van der Waals surface area contributed by atoms with Crippen molar-refractivity contribution in [3.63, 3.8) is 0 Å². The standard InChI is InChI=1S/C21H39N3O6S/c1-3-13(4-6-22)16(27)8-14(12(2)26)5-7-24-18(23)11-31-17-9-15(10-25)19(28)21(30)20(17)29/h13-15,17,19-21,25,28-30H,3-11,22H2,1-2H3,(H2,23,24). The molecule has 8 N–H and O–H groups in total. The highest BCUT2D eigenvalue weighted by atomic mass is 32.2. The van der Waals surface area contributed by atoms with Crippen LogP contribution in [0.1, 0.15) is 46.0 Å². The minimum Gasteiger partial charge on any atom is -0.396 e. The maximum absolute atomic E-state index is 12.4. The average Bonchev–Trinajstić information content (AvgIpc) is 2.74. The zero-order chi connectivity index (χ0) is 23.6. The van der Waals surface area contributed by atoms with Crippen LogP contribution < -0.4 is 11.5 Å². The van der Waals surface area contributed by atoms with Crippen molar-refractivity contribution in [1.82, 2.24) is 0 Å². The third-order valence-corrected chi connectivity index (χ3v) is 7.42. The molecule has 1 rings (SSSR count). The summed E-state index contributed by atoms with van der Waals surface area (Å²) >= 11 is 1.31. The molecule has 0 radical (unpaired) electrons. The number of nitrogens with zero attached hydrogens (tertiary/aromatic N) is 1. The first-order chi connectivity index (χ1) is 14.7. The van der Waals surface area contributed by atoms with Crippen molar-refractivity contribution >= 4 is 29.2 Å². The first-order valence-corrected chi connectivity index (χ1v) is 12.0. The molecule has 7 unspecified atom stereocenters. The van der Waals surface area contributed by atoms with E-state index < -0.39 is 30.1 Å². The first-order valence-electron chi connectivity index (χ1n) is 10.9. The number of carbonyl (C=O) groups is 2. The summed E-state index contributed by atoms with van der Waals surface area (Å²) in [6.07, 6.45) is -1.30. The summed E-state index contributed by atoms with van der Waals surface area (Å²) in [5.74, 6) is -0.365. The molecule has 31 heavy (non-hydrogen) atoms. The molecule has 1 saturated carbocycles. The van der Waals surface area contributed by atoms with Crippen LogP contribution in [0.4, 0.5) is 0 Å². The van der Waals surface area contributed by atoms with Gasteiger partial charge in [-0.2, -0.15) is 0 Å². The van der Waals surface area contributed by atoms with Gasteiger partial charge < -0.3 is 31.9 Å². The van der Waals surface area contributed by atoms with Crippen molar-refractivity contribution < 1.29 is 30.0 Å². The molecule has 180 valence electrons. The molecule has 0 aliphatic heterocycles. The number of carbonyl (C=O) groups excluding carboxylic acids is 2. The lowest BCUT2D eigenvalue weighted by atomic mass is 9.83. The second-order valence-corrected chi connectivity index (χ2v) is 9.55. The molecule has 0 bridgehead atoms. The van der Waals surface area contributed by atoms with Crippen molar-refractivity contribution in [3.8, 4) is 0 Å². The van der Waals surface area contributed by atoms with Gasteiger partial charge in [-0.15, -0.1) is 11.8 Å². The minimum absolute atomic E-state index is 0.0491. The van der Waals surface area contributed by atoms with Crippen LogP contribution in [0, 0.1) is 17.8 Å². The van der Waals surface area contributed by atoms with E-state index in [9.17, 15) is 30.0 Å². The van der Waals surface area contributed by atoms with E-state index in [0.717, 1.165) is 0 Å². The van der Waals surface area contributed by atoms with E-state index in [-0.39, 0.29) is 35.8 Å². The van der Waals surface area contributed by atoms with E-state index in [1.807, 2.05) is 6.92 Å². The van der Waals surface area contributed by atoms with E-state index >= 15 is 0 Å². The Morgan fingerprint density at radius 3 is 2.35 bits per heavy atom. The SMILES string of the molecule is CCC(CCN)C(=O)CC(CCN=C(N)CSC1CC(CO)C(O)C(O)C1O)C(C)=O. The summed E-state index contributed by atoms with van der Waals surface area (Å²) in [6, 6.07) is 0. The predicted molar refractivity (Wildman–Crippen MR) is 122 cm³/mol. The van der Waals surface area contributed by atoms with Crippen molar-refractivity contribution in [2.75, 3.05) is 25.4 Å². The van der Waals surface area contributed by atoms with Gasteiger partial charge in [0.15, 0.2) is 0 Å². The molecule has 0 aromatic carbocycles. The fraction of sp³-hybridized carbons (Fsp3) is 0.857. The largest absolute Gasteiger partial charge is 0.396 e. The molecule has 0 aromatic rings. The van der Waals surface area contributed by atoms with Gasteiger partial charge in [0.1, 0.15) is 23.5 Å². The van der Waals surface area contributed by atoms with E-state index in [1.165, 1.54) is 18.7 Å². The molecule has 0 heterocycles. The van der Waals surface area contributed by atoms with E-state index in [4.69, 9.17) is 11.5 Å². The second-order valence-electron chi connectivity index (χ2n) is 8.32. The number of nitrogens with two attached hydrogens (primary N) is 2. The molecule has 0 saturated heterocycles. The number of hydrogen-bond acceptors (Lipinski definition) is 9. The molecule has 1 aliphatic rings. The fourth-order valence-electron chi connectivity index (χ4n) is 3.88. The van der Waals surface area contributed by atoms with Crippen LogP contribution in [-0.2, 0) is 9.59 Å². The van der Waals surface area contributed by atoms with Crippen molar-refractivity contribution in [3.05, 3.63) is 0 Å². The molecular weight excluding hydrogens is 422 g/mol. The van der Waals surface area contributed by atoms with Gasteiger partial charge in [0.25, 0.3) is 0 Å². The Kier molecular flexibility index (Phi) is 12.8. The summed E-state index contributed by atoms with van der Waals surface area (Å²) in [5, 5.41) is 38.9. The highest BCUT2D eigenvalue weighted by Crippen LogP contribution is 2.33. The molecule has 0 amide bonds. The number of Topliss-reactive ketones (excluding diaryl/α,β-unsaturated/α-hetero) is 2. The topological polar surface area (TPSA) is 179 Å². The van der Waals surface area contributed by atoms with Crippen LogP contribution in [-0.4, -0.2) is 86.8 Å². The second kappa shape index (κ2) is 14.2. The number of rotatable bonds is 14. The quantitative estimate of drug-likeness (QED) is 0.146. The molecule has 10 heteroatoms. The van der Waals surface area contributed by atoms with Crippen molar-refractivity contribution in [1.29, 1.82) is 0 Å². The molecule has 1 aliphatic carbocycles. The summed E-state index contributed by atoms with van der Waals surface area (Å²) in [5.41, 5.74) is 11.5. The smallest absolute Gasteiger partial charge is 0.136 e. The van der Waals surface area contributed by atoms with Gasteiger partial charge in [-0.25, -0.2) is 0 Å². The Bertz CT molecular complexity index is 604. The lowest BCUT2D eigenvalue weighted by Gasteiger charge is -2.39. The summed E-state index contributed by atoms with van der Waals surface area (Å²) in [4.78, 5) is 28.7. The molecule has 0 spiro atoms. The molecule has 0 aromatic heterocycles. The molecule has 7 atom stereocenters. The van der Waals surface area contributed by atoms with Crippen molar-refractivity contribution in [2.24, 2.45) is 34.2 Å². The number of aliphatic hydroxyl groups excluding tert-OH is 4. The lowest BCUT2D eigenvalue weighted by molar-refractivity contribution is -0.129. The van der Waals surface area contributed by atoms with Crippen LogP contribution in [0.2, 0.25) is 0 Å². The van der Waals surface area contributed by atoms with E-state index in [2.05, 4.69) is 4.99 Å². The average molecular weight is 462 g/mol. The van der Waals surface area contributed by atoms with E-state index in [1.54, 1.807) is 0 Å². The van der Waals surface area contributed by atoms with Crippen LogP contribution in [0.5, 0.6) is 0 Å². The zero-order valence-corrected chi connectivity index (χ0v) is 19.3. The molecule has 1 fully saturated rings. The third kappa shape index (κ3) is 8.78. The number of aliphatic hydroxyl groups is 4. The Labute approximate surface area is 188 Å². The van der Waals surface area contributed by atoms with Crippen LogP contribution >= 0.6 is 11.8 Å². The Morgan fingerprint density at radius 1 is 1.13 bits per heavy atom. The molecular formula is C21H39N3O6S. The Balaban J connectivity index is 2.54. The maximum Gasteiger partial charge on any atom is 0.136 e. The van der Waals surface area contributed by atoms with Crippen molar-refractivity contribution in [2.45, 2.75) is 69.5 Å². The zero-order valence-electron chi connectivity index (χ0n) is 18.5. The van der Waals surface area contributed by atoms with E-state index in [0.29, 0.717) is 50.4 Å². The summed E-state index contributed by atoms with van der Waals surface area (Å²) in [6.45, 7) is 3.90. The number of hydrogen-bond donors (Lipinski definition) is 6. The number of ketones is 2. The lowest BCUT2D eigenvalue weighted by Crippen LogP contribution is -2.53. The highest BCUT2D eigenvalue weighted by molar-refractivity contribution is 8.00. The Hall–Kier alpha value is -1.04. The minimum atomic E-state index is -1.32. The van der Waals surface area contributed by atoms with Gasteiger partial charge in [0, 0.05) is 42.6 Å². The molecule has 9 nitrogen and oxygen atoms in total. The highest BCUT2D eigenvalue weighted by Gasteiger charge is 2.42. The number of amidine groups is 1. The maximum atomic E-state index is 12.4. The van der Waals surface area contributed by atoms with Gasteiger partial charge in [0.05, 0.1) is 18.0 Å². The van der Waals surface area contributed by atoms with Gasteiger partial charge in [0.2, 0.25) is 0 Å². The number of aliphatic imine (C=N–C) groups is 1. The van der Waals surface area contributed by atoms with Gasteiger partial charge >= 0.3 is 0 Å². The van der Waals surface area contributed by atoms with Crippen LogP contribution in [0.25, 0.3) is 0 Å². The van der Waals surface area contributed by atoms with Gasteiger partial charge in [-0.1, -0.05) is 6.92 Å². The third-order valence-electron chi connectivity index (χ3n) is 6.06. The number of thioether (sulfide) groups is 1. The first kappa shape index (κ1) is 28.0. The monoisotopic (exact) mass is 461 g/mol. The normalized spacial score (nSPS) is 28.9. The van der Waals surface area contributed by atoms with Crippen LogP contribution in [0.3, 0.4) is 0 Å². The Morgan fingerprint density at radius 2 is 1.81 bits per heavy atom.